The second-order valence-electron chi connectivity index (χ2n) is 14.1. The quantitative estimate of drug-likeness (QED) is 0.170. The Hall–Kier alpha value is -5.12. The highest BCUT2D eigenvalue weighted by atomic mass is 28.3. The van der Waals surface area contributed by atoms with Gasteiger partial charge in [0.2, 0.25) is 0 Å². The highest BCUT2D eigenvalue weighted by molar-refractivity contribution is 6.88. The summed E-state index contributed by atoms with van der Waals surface area (Å²) in [5, 5.41) is 3.90. The molecule has 0 bridgehead atoms. The van der Waals surface area contributed by atoms with Crippen molar-refractivity contribution in [3.05, 3.63) is 151 Å². The molecule has 0 amide bonds. The van der Waals surface area contributed by atoms with Gasteiger partial charge in [-0.05, 0) is 88.0 Å². The molecular weight excluding hydrogens is 597 g/mol. The molecule has 0 saturated carbocycles. The lowest BCUT2D eigenvalue weighted by atomic mass is 9.87. The second-order valence-corrected chi connectivity index (χ2v) is 19.2. The number of fused-ring (bicyclic) bond motifs is 2. The lowest BCUT2D eigenvalue weighted by Crippen LogP contribution is -2.37. The van der Waals surface area contributed by atoms with E-state index in [2.05, 4.69) is 159 Å². The zero-order chi connectivity index (χ0) is 32.7. The van der Waals surface area contributed by atoms with Gasteiger partial charge in [0.15, 0.2) is 5.82 Å². The molecule has 2 nitrogen and oxygen atoms in total. The second kappa shape index (κ2) is 12.5. The topological polar surface area (TPSA) is 25.8 Å². The zero-order valence-electron chi connectivity index (χ0n) is 28.0. The van der Waals surface area contributed by atoms with Crippen LogP contribution in [0.4, 0.5) is 0 Å². The van der Waals surface area contributed by atoms with Crippen molar-refractivity contribution in [1.29, 1.82) is 0 Å². The molecule has 48 heavy (non-hydrogen) atoms. The van der Waals surface area contributed by atoms with E-state index < -0.39 is 8.07 Å². The maximum absolute atomic E-state index is 5.31. The zero-order valence-corrected chi connectivity index (χ0v) is 29.0. The van der Waals surface area contributed by atoms with Crippen molar-refractivity contribution < 1.29 is 0 Å². The van der Waals surface area contributed by atoms with Gasteiger partial charge in [-0.1, -0.05) is 146 Å². The van der Waals surface area contributed by atoms with E-state index in [1.807, 2.05) is 0 Å². The molecule has 1 heterocycles. The summed E-state index contributed by atoms with van der Waals surface area (Å²) in [5.74, 6) is 0.754. The number of benzene rings is 6. The van der Waals surface area contributed by atoms with Gasteiger partial charge in [0.05, 0.1) is 19.5 Å². The minimum absolute atomic E-state index is 0.754. The van der Waals surface area contributed by atoms with Crippen molar-refractivity contribution in [3.63, 3.8) is 0 Å². The molecule has 1 aliphatic rings. The summed E-state index contributed by atoms with van der Waals surface area (Å²) in [6, 6.07) is 50.8. The van der Waals surface area contributed by atoms with Gasteiger partial charge in [-0.2, -0.15) is 0 Å². The van der Waals surface area contributed by atoms with Gasteiger partial charge in [-0.3, -0.25) is 0 Å². The monoisotopic (exact) mass is 636 g/mol. The molecule has 234 valence electrons. The van der Waals surface area contributed by atoms with Crippen molar-refractivity contribution >= 4 is 24.0 Å². The Bertz CT molecular complexity index is 2270. The summed E-state index contributed by atoms with van der Waals surface area (Å²) in [4.78, 5) is 10.6. The van der Waals surface area contributed by atoms with Crippen LogP contribution >= 0.6 is 0 Å². The average molecular weight is 637 g/mol. The maximum atomic E-state index is 5.31. The van der Waals surface area contributed by atoms with Gasteiger partial charge in [0.1, 0.15) is 0 Å². The van der Waals surface area contributed by atoms with E-state index in [0.717, 1.165) is 46.7 Å². The molecule has 0 unspecified atom stereocenters. The molecule has 7 aromatic rings. The third-order valence-electron chi connectivity index (χ3n) is 9.86. The van der Waals surface area contributed by atoms with E-state index in [1.165, 1.54) is 62.2 Å². The fraction of sp³-hybridized carbons (Fsp3) is 0.156. The minimum Gasteiger partial charge on any atom is -0.228 e. The van der Waals surface area contributed by atoms with E-state index >= 15 is 0 Å². The minimum atomic E-state index is -1.34. The molecule has 0 atom stereocenters. The molecule has 0 radical (unpaired) electrons. The van der Waals surface area contributed by atoms with Gasteiger partial charge in [-0.15, -0.1) is 0 Å². The Morgan fingerprint density at radius 1 is 0.479 bits per heavy atom. The smallest absolute Gasteiger partial charge is 0.160 e. The highest BCUT2D eigenvalue weighted by Crippen LogP contribution is 2.36. The molecule has 0 aliphatic heterocycles. The van der Waals surface area contributed by atoms with Gasteiger partial charge in [0.25, 0.3) is 0 Å². The standard InChI is InChI=1S/C45H40N2Si/c1-48(2,3)38-26-24-31(25-27-38)34-16-8-17-35(28-34)36-18-9-19-37(29-36)45-46-43(41-22-10-14-32-12-4-6-20-39(32)41)30-44(47-45)42-23-11-15-33-13-5-7-21-40(33)42/h4,6,8-12,14-20,22-30H,5,7,13,21H2,1-3H3. The average Bonchev–Trinajstić information content (AvgIpc) is 3.14. The molecule has 0 spiro atoms. The first-order valence-electron chi connectivity index (χ1n) is 17.2. The Kier molecular flexibility index (Phi) is 7.86. The highest BCUT2D eigenvalue weighted by Gasteiger charge is 2.19. The number of aryl methyl sites for hydroxylation is 1. The third kappa shape index (κ3) is 5.91. The lowest BCUT2D eigenvalue weighted by Gasteiger charge is -2.20. The normalized spacial score (nSPS) is 13.0. The molecule has 6 aromatic carbocycles. The summed E-state index contributed by atoms with van der Waals surface area (Å²) in [6.45, 7) is 7.19. The van der Waals surface area contributed by atoms with Crippen LogP contribution in [0.15, 0.2) is 140 Å². The van der Waals surface area contributed by atoms with Crippen LogP contribution in [0.5, 0.6) is 0 Å². The molecule has 0 saturated heterocycles. The fourth-order valence-corrected chi connectivity index (χ4v) is 8.37. The van der Waals surface area contributed by atoms with Crippen LogP contribution in [0.2, 0.25) is 19.6 Å². The van der Waals surface area contributed by atoms with Crippen molar-refractivity contribution in [2.24, 2.45) is 0 Å². The van der Waals surface area contributed by atoms with Crippen LogP contribution in [0.1, 0.15) is 24.0 Å². The first-order valence-corrected chi connectivity index (χ1v) is 20.7. The van der Waals surface area contributed by atoms with Gasteiger partial charge in [-0.25, -0.2) is 9.97 Å². The van der Waals surface area contributed by atoms with E-state index in [4.69, 9.17) is 9.97 Å². The van der Waals surface area contributed by atoms with Gasteiger partial charge >= 0.3 is 0 Å². The first kappa shape index (κ1) is 30.2. The van der Waals surface area contributed by atoms with Crippen molar-refractivity contribution in [3.8, 4) is 56.2 Å². The number of aromatic nitrogens is 2. The molecule has 3 heteroatoms. The Morgan fingerprint density at radius 3 is 1.83 bits per heavy atom. The van der Waals surface area contributed by atoms with Crippen LogP contribution in [0, 0.1) is 0 Å². The van der Waals surface area contributed by atoms with Crippen LogP contribution in [-0.2, 0) is 12.8 Å². The largest absolute Gasteiger partial charge is 0.228 e. The van der Waals surface area contributed by atoms with E-state index in [-0.39, 0.29) is 0 Å². The summed E-state index contributed by atoms with van der Waals surface area (Å²) in [6.07, 6.45) is 4.72. The predicted octanol–water partition coefficient (Wildman–Crippen LogP) is 11.4. The number of rotatable bonds is 6. The van der Waals surface area contributed by atoms with Crippen LogP contribution in [0.3, 0.4) is 0 Å². The number of hydrogen-bond donors (Lipinski definition) is 0. The van der Waals surface area contributed by atoms with Crippen LogP contribution < -0.4 is 5.19 Å². The van der Waals surface area contributed by atoms with E-state index in [0.29, 0.717) is 0 Å². The van der Waals surface area contributed by atoms with Crippen molar-refractivity contribution in [1.82, 2.24) is 9.97 Å². The molecule has 0 fully saturated rings. The fourth-order valence-electron chi connectivity index (χ4n) is 7.20. The Labute approximate surface area is 285 Å². The summed E-state index contributed by atoms with van der Waals surface area (Å²) >= 11 is 0. The van der Waals surface area contributed by atoms with Crippen LogP contribution in [0.25, 0.3) is 66.9 Å². The number of hydrogen-bond acceptors (Lipinski definition) is 2. The molecule has 1 aliphatic carbocycles. The molecule has 8 rings (SSSR count). The SMILES string of the molecule is C[Si](C)(C)c1ccc(-c2cccc(-c3cccc(-c4nc(-c5cccc6c5CCCC6)cc(-c5cccc6ccccc56)n4)c3)c2)cc1. The summed E-state index contributed by atoms with van der Waals surface area (Å²) < 4.78 is 0. The van der Waals surface area contributed by atoms with Gasteiger partial charge < -0.3 is 0 Å². The third-order valence-corrected chi connectivity index (χ3v) is 11.9. The van der Waals surface area contributed by atoms with E-state index in [1.54, 1.807) is 0 Å². The lowest BCUT2D eigenvalue weighted by molar-refractivity contribution is 0.686. The van der Waals surface area contributed by atoms with E-state index in [9.17, 15) is 0 Å². The number of nitrogens with zero attached hydrogens (tertiary/aromatic N) is 2. The predicted molar refractivity (Wildman–Crippen MR) is 206 cm³/mol. The maximum Gasteiger partial charge on any atom is 0.160 e. The van der Waals surface area contributed by atoms with Crippen LogP contribution in [-0.4, -0.2) is 18.0 Å². The van der Waals surface area contributed by atoms with Crippen molar-refractivity contribution in [2.45, 2.75) is 45.3 Å². The van der Waals surface area contributed by atoms with Crippen molar-refractivity contribution in [2.75, 3.05) is 0 Å². The Morgan fingerprint density at radius 2 is 1.06 bits per heavy atom. The van der Waals surface area contributed by atoms with Gasteiger partial charge in [0, 0.05) is 16.7 Å². The summed E-state index contributed by atoms with van der Waals surface area (Å²) in [7, 11) is -1.34. The first-order chi connectivity index (χ1) is 23.4. The molecule has 1 aromatic heterocycles. The molecule has 0 N–H and O–H groups in total. The Balaban J connectivity index is 1.24. The molecular formula is C45H40N2Si. The summed E-state index contributed by atoms with van der Waals surface area (Å²) in [5.41, 5.74) is 13.1.